The smallest absolute Gasteiger partial charge is 0.106 e. The highest BCUT2D eigenvalue weighted by molar-refractivity contribution is 5.95. The molecule has 116 valence electrons. The van der Waals surface area contributed by atoms with E-state index in [0.717, 1.165) is 17.7 Å². The molecule has 0 heterocycles. The first-order chi connectivity index (χ1) is 11.2. The quantitative estimate of drug-likeness (QED) is 0.463. The van der Waals surface area contributed by atoms with Gasteiger partial charge in [-0.3, -0.25) is 0 Å². The molecule has 0 radical (unpaired) electrons. The fourth-order valence-corrected chi connectivity index (χ4v) is 3.02. The zero-order valence-corrected chi connectivity index (χ0v) is 13.8. The predicted octanol–water partition coefficient (Wildman–Crippen LogP) is 4.54. The van der Waals surface area contributed by atoms with Crippen molar-refractivity contribution in [2.75, 3.05) is 7.11 Å². The molecule has 0 amide bonds. The number of hydrogen-bond acceptors (Lipinski definition) is 2. The van der Waals surface area contributed by atoms with Crippen LogP contribution in [-0.2, 0) is 4.84 Å². The Kier molecular flexibility index (Phi) is 4.21. The summed E-state index contributed by atoms with van der Waals surface area (Å²) < 4.78 is 0. The van der Waals surface area contributed by atoms with E-state index in [2.05, 4.69) is 72.5 Å². The van der Waals surface area contributed by atoms with Crippen molar-refractivity contribution in [3.63, 3.8) is 0 Å². The molecule has 2 heteroatoms. The molecule has 1 saturated carbocycles. The Labute approximate surface area is 138 Å². The van der Waals surface area contributed by atoms with E-state index in [9.17, 15) is 0 Å². The summed E-state index contributed by atoms with van der Waals surface area (Å²) in [4.78, 5) is 5.00. The molecule has 0 spiro atoms. The van der Waals surface area contributed by atoms with E-state index >= 15 is 0 Å². The fraction of sp³-hybridized carbons (Fsp3) is 0.286. The Morgan fingerprint density at radius 1 is 1.13 bits per heavy atom. The van der Waals surface area contributed by atoms with Crippen LogP contribution in [0.3, 0.4) is 0 Å². The van der Waals surface area contributed by atoms with Gasteiger partial charge in [-0.1, -0.05) is 65.0 Å². The SMILES string of the molecule is CO/N=C(/C)[C@]1(C#Cc2ccc(C)cc2)C[C@H]1c1ccccc1. The standard InChI is InChI=1S/C21H21NO/c1-16-9-11-18(12-10-16)13-14-21(17(2)22-23-3)15-20(21)19-7-5-4-6-8-19/h4-12,20H,15H2,1-3H3/b22-17-/t20-,21-/m0/s1. The van der Waals surface area contributed by atoms with Crippen LogP contribution >= 0.6 is 0 Å². The topological polar surface area (TPSA) is 21.6 Å². The number of aryl methyl sites for hydroxylation is 1. The maximum absolute atomic E-state index is 5.00. The number of rotatable bonds is 3. The Bertz CT molecular complexity index is 765. The van der Waals surface area contributed by atoms with Gasteiger partial charge in [0.25, 0.3) is 0 Å². The number of hydrogen-bond donors (Lipinski definition) is 0. The molecular formula is C21H21NO. The average molecular weight is 303 g/mol. The Morgan fingerprint density at radius 3 is 2.48 bits per heavy atom. The van der Waals surface area contributed by atoms with E-state index < -0.39 is 0 Å². The van der Waals surface area contributed by atoms with Crippen LogP contribution in [0, 0.1) is 24.2 Å². The normalized spacial score (nSPS) is 22.9. The summed E-state index contributed by atoms with van der Waals surface area (Å²) in [5.74, 6) is 7.19. The molecule has 2 aromatic rings. The summed E-state index contributed by atoms with van der Waals surface area (Å²) in [6, 6.07) is 18.9. The molecule has 0 aromatic heterocycles. The molecular weight excluding hydrogens is 282 g/mol. The van der Waals surface area contributed by atoms with E-state index in [1.165, 1.54) is 11.1 Å². The highest BCUT2D eigenvalue weighted by Crippen LogP contribution is 2.60. The van der Waals surface area contributed by atoms with Crippen LogP contribution < -0.4 is 0 Å². The molecule has 0 saturated heterocycles. The molecule has 0 N–H and O–H groups in total. The third-order valence-corrected chi connectivity index (χ3v) is 4.52. The van der Waals surface area contributed by atoms with E-state index in [4.69, 9.17) is 4.84 Å². The van der Waals surface area contributed by atoms with Crippen LogP contribution in [0.5, 0.6) is 0 Å². The van der Waals surface area contributed by atoms with Gasteiger partial charge in [0, 0.05) is 11.5 Å². The van der Waals surface area contributed by atoms with Gasteiger partial charge in [0.1, 0.15) is 7.11 Å². The van der Waals surface area contributed by atoms with Gasteiger partial charge in [-0.05, 0) is 38.0 Å². The summed E-state index contributed by atoms with van der Waals surface area (Å²) in [7, 11) is 1.59. The largest absolute Gasteiger partial charge is 0.399 e. The third kappa shape index (κ3) is 3.14. The monoisotopic (exact) mass is 303 g/mol. The maximum Gasteiger partial charge on any atom is 0.106 e. The summed E-state index contributed by atoms with van der Waals surface area (Å²) in [5.41, 5.74) is 4.35. The molecule has 2 aromatic carbocycles. The Morgan fingerprint density at radius 2 is 1.83 bits per heavy atom. The lowest BCUT2D eigenvalue weighted by molar-refractivity contribution is 0.211. The molecule has 23 heavy (non-hydrogen) atoms. The van der Waals surface area contributed by atoms with Crippen molar-refractivity contribution in [1.82, 2.24) is 0 Å². The van der Waals surface area contributed by atoms with Crippen molar-refractivity contribution in [3.8, 4) is 11.8 Å². The highest BCUT2D eigenvalue weighted by Gasteiger charge is 2.56. The molecule has 2 nitrogen and oxygen atoms in total. The molecule has 2 atom stereocenters. The minimum Gasteiger partial charge on any atom is -0.399 e. The minimum absolute atomic E-state index is 0.206. The fourth-order valence-electron chi connectivity index (χ4n) is 3.02. The second kappa shape index (κ2) is 6.30. The van der Waals surface area contributed by atoms with Crippen molar-refractivity contribution < 1.29 is 4.84 Å². The van der Waals surface area contributed by atoms with E-state index in [0.29, 0.717) is 5.92 Å². The van der Waals surface area contributed by atoms with Gasteiger partial charge in [0.2, 0.25) is 0 Å². The van der Waals surface area contributed by atoms with Gasteiger partial charge in [0.05, 0.1) is 11.1 Å². The van der Waals surface area contributed by atoms with E-state index in [1.54, 1.807) is 7.11 Å². The molecule has 0 bridgehead atoms. The van der Waals surface area contributed by atoms with Gasteiger partial charge in [-0.15, -0.1) is 0 Å². The molecule has 3 rings (SSSR count). The first kappa shape index (κ1) is 15.4. The van der Waals surface area contributed by atoms with Crippen LogP contribution in [0.25, 0.3) is 0 Å². The third-order valence-electron chi connectivity index (χ3n) is 4.52. The van der Waals surface area contributed by atoms with Crippen LogP contribution in [0.15, 0.2) is 59.8 Å². The second-order valence-corrected chi connectivity index (χ2v) is 6.11. The number of nitrogens with zero attached hydrogens (tertiary/aromatic N) is 1. The second-order valence-electron chi connectivity index (χ2n) is 6.11. The van der Waals surface area contributed by atoms with Gasteiger partial charge >= 0.3 is 0 Å². The van der Waals surface area contributed by atoms with Crippen LogP contribution in [0.1, 0.15) is 36.0 Å². The first-order valence-corrected chi connectivity index (χ1v) is 7.89. The highest BCUT2D eigenvalue weighted by atomic mass is 16.6. The van der Waals surface area contributed by atoms with Crippen LogP contribution in [0.2, 0.25) is 0 Å². The van der Waals surface area contributed by atoms with Gasteiger partial charge in [-0.2, -0.15) is 0 Å². The van der Waals surface area contributed by atoms with Crippen molar-refractivity contribution >= 4 is 5.71 Å². The Balaban J connectivity index is 1.93. The molecule has 1 fully saturated rings. The van der Waals surface area contributed by atoms with Crippen molar-refractivity contribution in [2.45, 2.75) is 26.2 Å². The molecule has 1 aliphatic carbocycles. The zero-order valence-electron chi connectivity index (χ0n) is 13.8. The lowest BCUT2D eigenvalue weighted by Crippen LogP contribution is -2.13. The summed E-state index contributed by atoms with van der Waals surface area (Å²) in [6.45, 7) is 4.09. The van der Waals surface area contributed by atoms with E-state index in [-0.39, 0.29) is 5.41 Å². The average Bonchev–Trinajstić information content (AvgIpc) is 3.32. The number of benzene rings is 2. The van der Waals surface area contributed by atoms with Crippen molar-refractivity contribution in [3.05, 3.63) is 71.3 Å². The van der Waals surface area contributed by atoms with Crippen LogP contribution in [0.4, 0.5) is 0 Å². The summed E-state index contributed by atoms with van der Waals surface area (Å²) >= 11 is 0. The first-order valence-electron chi connectivity index (χ1n) is 7.89. The van der Waals surface area contributed by atoms with Crippen LogP contribution in [-0.4, -0.2) is 12.8 Å². The summed E-state index contributed by atoms with van der Waals surface area (Å²) in [5, 5.41) is 4.18. The van der Waals surface area contributed by atoms with Gasteiger partial charge < -0.3 is 4.84 Å². The van der Waals surface area contributed by atoms with Gasteiger partial charge in [-0.25, -0.2) is 0 Å². The lowest BCUT2D eigenvalue weighted by atomic mass is 9.94. The molecule has 1 aliphatic rings. The van der Waals surface area contributed by atoms with Crippen molar-refractivity contribution in [1.29, 1.82) is 0 Å². The van der Waals surface area contributed by atoms with E-state index in [1.807, 2.05) is 13.0 Å². The predicted molar refractivity (Wildman–Crippen MR) is 94.4 cm³/mol. The maximum atomic E-state index is 5.00. The summed E-state index contributed by atoms with van der Waals surface area (Å²) in [6.07, 6.45) is 0.995. The number of oxime groups is 1. The van der Waals surface area contributed by atoms with Gasteiger partial charge in [0.15, 0.2) is 0 Å². The zero-order chi connectivity index (χ0) is 16.3. The van der Waals surface area contributed by atoms with Crippen molar-refractivity contribution in [2.24, 2.45) is 10.6 Å². The molecule has 0 aliphatic heterocycles. The Hall–Kier alpha value is -2.53. The minimum atomic E-state index is -0.206. The molecule has 0 unspecified atom stereocenters. The lowest BCUT2D eigenvalue weighted by Gasteiger charge is -2.10.